The van der Waals surface area contributed by atoms with E-state index in [9.17, 15) is 44.8 Å². The molecule has 1 heterocycles. The molecule has 0 fully saturated rings. The molecule has 0 aliphatic carbocycles. The molecule has 4 aromatic carbocycles. The number of phenolic OH excluding ortho intramolecular Hbond substituents is 1. The van der Waals surface area contributed by atoms with Gasteiger partial charge in [-0.1, -0.05) is 53.6 Å². The highest BCUT2D eigenvalue weighted by Crippen LogP contribution is 2.39. The van der Waals surface area contributed by atoms with E-state index in [1.165, 1.54) is 42.5 Å². The Morgan fingerprint density at radius 1 is 0.871 bits per heavy atom. The standard InChI is InChI=1S/C33H30FN9O15S4/c34-31-36-32(38-33(37-31)43(21-9-5-2-6-10-21)13-15-60(48,49)16-14-56-62(53,54)55)35-26-18-23(61(50,51)52)19-27(28(26)44)40-42-29(20-7-3-1-4-8-20)41-39-25-12-11-22(59-58-57-47)17-24(25)30(45)46/h1-12,17-19,39,44,47H,13-16H2,(H,45,46)(H,50,51,52)(H,53,54,55)(H,35,36,37,38)/b41-29-,42-40?. The van der Waals surface area contributed by atoms with Crippen LogP contribution in [0.1, 0.15) is 15.9 Å². The van der Waals surface area contributed by atoms with Crippen LogP contribution in [-0.2, 0) is 43.9 Å². The summed E-state index contributed by atoms with van der Waals surface area (Å²) < 4.78 is 114. The van der Waals surface area contributed by atoms with Crippen LogP contribution in [0.2, 0.25) is 0 Å². The lowest BCUT2D eigenvalue weighted by Gasteiger charge is -2.23. The number of aromatic hydroxyl groups is 1. The van der Waals surface area contributed by atoms with Crippen LogP contribution in [0.3, 0.4) is 0 Å². The number of aromatic nitrogens is 3. The Hall–Kier alpha value is -6.28. The molecule has 0 saturated carbocycles. The highest BCUT2D eigenvalue weighted by atomic mass is 32.3. The highest BCUT2D eigenvalue weighted by Gasteiger charge is 2.23. The van der Waals surface area contributed by atoms with Gasteiger partial charge in [-0.05, 0) is 42.5 Å². The fourth-order valence-corrected chi connectivity index (χ4v) is 7.28. The molecule has 0 atom stereocenters. The van der Waals surface area contributed by atoms with Gasteiger partial charge in [-0.2, -0.15) is 41.3 Å². The van der Waals surface area contributed by atoms with E-state index in [-0.39, 0.29) is 33.2 Å². The van der Waals surface area contributed by atoms with Crippen LogP contribution in [0.15, 0.2) is 116 Å². The van der Waals surface area contributed by atoms with Crippen LogP contribution < -0.4 is 15.6 Å². The zero-order valence-corrected chi connectivity index (χ0v) is 34.2. The first-order valence-corrected chi connectivity index (χ1v) is 22.2. The van der Waals surface area contributed by atoms with Crippen LogP contribution in [0.4, 0.5) is 39.0 Å². The number of sulfone groups is 1. The number of para-hydroxylation sites is 1. The van der Waals surface area contributed by atoms with E-state index in [0.717, 1.165) is 17.0 Å². The fraction of sp³-hybridized carbons (Fsp3) is 0.121. The second-order valence-electron chi connectivity index (χ2n) is 11.9. The Morgan fingerprint density at radius 2 is 1.56 bits per heavy atom. The summed E-state index contributed by atoms with van der Waals surface area (Å²) in [5.41, 5.74) is 1.52. The van der Waals surface area contributed by atoms with Gasteiger partial charge in [-0.15, -0.1) is 14.6 Å². The molecule has 1 aromatic heterocycles. The monoisotopic (exact) mass is 939 g/mol. The van der Waals surface area contributed by atoms with E-state index in [1.807, 2.05) is 0 Å². The van der Waals surface area contributed by atoms with Crippen molar-refractivity contribution in [2.45, 2.75) is 9.79 Å². The normalized spacial score (nSPS) is 12.4. The van der Waals surface area contributed by atoms with E-state index >= 15 is 4.39 Å². The van der Waals surface area contributed by atoms with Crippen LogP contribution in [0.5, 0.6) is 5.75 Å². The van der Waals surface area contributed by atoms with Crippen molar-refractivity contribution in [2.24, 2.45) is 15.3 Å². The number of aromatic carboxylic acids is 1. The minimum absolute atomic E-state index is 0.0558. The van der Waals surface area contributed by atoms with Crippen molar-refractivity contribution in [3.05, 3.63) is 108 Å². The first-order valence-electron chi connectivity index (χ1n) is 16.8. The molecule has 0 amide bonds. The quantitative estimate of drug-likeness (QED) is 0.00808. The van der Waals surface area contributed by atoms with Crippen molar-refractivity contribution >= 4 is 88.8 Å². The Morgan fingerprint density at radius 3 is 2.21 bits per heavy atom. The maximum atomic E-state index is 15.1. The van der Waals surface area contributed by atoms with Crippen molar-refractivity contribution in [3.63, 3.8) is 0 Å². The van der Waals surface area contributed by atoms with Crippen LogP contribution in [-0.4, -0.2) is 101 Å². The average Bonchev–Trinajstić information content (AvgIpc) is 3.21. The summed E-state index contributed by atoms with van der Waals surface area (Å²) in [6.07, 6.45) is -1.43. The SMILES string of the molecule is O=C(O)c1cc(SOOO)ccc1N/N=C(\N=Nc1cc(S(=O)(=O)O)cc(Nc2nc(F)nc(N(CCS(=O)(=O)CCOS(=O)(=O)O)c3ccccc3)n2)c1O)c1ccccc1. The molecule has 0 radical (unpaired) electrons. The molecule has 62 heavy (non-hydrogen) atoms. The minimum Gasteiger partial charge on any atom is -0.504 e. The fourth-order valence-electron chi connectivity index (χ4n) is 4.95. The van der Waals surface area contributed by atoms with Gasteiger partial charge in [-0.25, -0.2) is 22.7 Å². The van der Waals surface area contributed by atoms with Gasteiger partial charge >= 0.3 is 22.4 Å². The van der Waals surface area contributed by atoms with Gasteiger partial charge in [0.25, 0.3) is 10.1 Å². The third kappa shape index (κ3) is 13.6. The van der Waals surface area contributed by atoms with E-state index in [4.69, 9.17) is 9.81 Å². The molecule has 5 aromatic rings. The first-order chi connectivity index (χ1) is 29.3. The first kappa shape index (κ1) is 46.8. The van der Waals surface area contributed by atoms with E-state index in [1.54, 1.807) is 36.4 Å². The lowest BCUT2D eigenvalue weighted by Crippen LogP contribution is -2.29. The molecular weight excluding hydrogens is 910 g/mol. The van der Waals surface area contributed by atoms with Crippen molar-refractivity contribution in [1.82, 2.24) is 15.0 Å². The molecule has 0 aliphatic heterocycles. The molecule has 0 spiro atoms. The van der Waals surface area contributed by atoms with Crippen molar-refractivity contribution in [2.75, 3.05) is 40.3 Å². The summed E-state index contributed by atoms with van der Waals surface area (Å²) in [5.74, 6) is -5.18. The zero-order chi connectivity index (χ0) is 45.1. The number of rotatable bonds is 20. The number of hydrazone groups is 1. The van der Waals surface area contributed by atoms with Crippen LogP contribution in [0, 0.1) is 6.08 Å². The molecule has 0 unspecified atom stereocenters. The third-order valence-corrected chi connectivity index (χ3v) is 11.2. The number of halogens is 1. The maximum Gasteiger partial charge on any atom is 0.397 e. The van der Waals surface area contributed by atoms with E-state index in [2.05, 4.69) is 54.6 Å². The summed E-state index contributed by atoms with van der Waals surface area (Å²) in [5, 5.41) is 47.5. The van der Waals surface area contributed by atoms with Crippen LogP contribution in [0.25, 0.3) is 0 Å². The Bertz CT molecular complexity index is 2810. The largest absolute Gasteiger partial charge is 0.504 e. The van der Waals surface area contributed by atoms with Crippen LogP contribution >= 0.6 is 12.0 Å². The third-order valence-electron chi connectivity index (χ3n) is 7.71. The van der Waals surface area contributed by atoms with Gasteiger partial charge in [-0.3, -0.25) is 14.5 Å². The average molecular weight is 940 g/mol. The minimum atomic E-state index is -5.05. The zero-order valence-electron chi connectivity index (χ0n) is 30.9. The summed E-state index contributed by atoms with van der Waals surface area (Å²) in [7, 11) is -14.0. The number of anilines is 5. The lowest BCUT2D eigenvalue weighted by atomic mass is 10.2. The number of phenols is 1. The predicted octanol–water partition coefficient (Wildman–Crippen LogP) is 4.76. The van der Waals surface area contributed by atoms with Gasteiger partial charge in [0.1, 0.15) is 5.69 Å². The second kappa shape index (κ2) is 20.5. The number of hydrogen-bond acceptors (Lipinski definition) is 21. The Balaban J connectivity index is 1.50. The van der Waals surface area contributed by atoms with Gasteiger partial charge in [0.05, 0.1) is 52.0 Å². The van der Waals surface area contributed by atoms with Crippen molar-refractivity contribution < 1.29 is 72.6 Å². The number of nitrogens with one attached hydrogen (secondary N) is 2. The summed E-state index contributed by atoms with van der Waals surface area (Å²) >= 11 is 0.503. The molecule has 24 nitrogen and oxygen atoms in total. The number of azo groups is 1. The summed E-state index contributed by atoms with van der Waals surface area (Å²) in [6, 6.07) is 21.0. The van der Waals surface area contributed by atoms with Gasteiger partial charge in [0, 0.05) is 22.7 Å². The second-order valence-corrected chi connectivity index (χ2v) is 17.5. The van der Waals surface area contributed by atoms with E-state index in [0.29, 0.717) is 12.0 Å². The molecule has 0 bridgehead atoms. The number of nitrogens with zero attached hydrogens (tertiary/aromatic N) is 7. The number of hydrogen-bond donors (Lipinski definition) is 7. The van der Waals surface area contributed by atoms with Crippen molar-refractivity contribution in [1.29, 1.82) is 0 Å². The number of carbonyl (C=O) groups is 1. The van der Waals surface area contributed by atoms with Gasteiger partial charge < -0.3 is 20.4 Å². The molecular formula is C33H30FN9O15S4. The number of amidine groups is 1. The number of benzene rings is 4. The summed E-state index contributed by atoms with van der Waals surface area (Å²) in [6.45, 7) is -1.35. The molecule has 0 aliphatic rings. The number of carboxylic acids is 1. The van der Waals surface area contributed by atoms with Crippen molar-refractivity contribution in [3.8, 4) is 5.75 Å². The molecule has 29 heteroatoms. The lowest BCUT2D eigenvalue weighted by molar-refractivity contribution is -0.432. The predicted molar refractivity (Wildman–Crippen MR) is 216 cm³/mol. The highest BCUT2D eigenvalue weighted by molar-refractivity contribution is 7.94. The Labute approximate surface area is 354 Å². The molecule has 5 rings (SSSR count). The molecule has 7 N–H and O–H groups in total. The topological polar surface area (TPSA) is 351 Å². The van der Waals surface area contributed by atoms with E-state index < -0.39 is 101 Å². The van der Waals surface area contributed by atoms with Gasteiger partial charge in [0.2, 0.25) is 17.7 Å². The maximum absolute atomic E-state index is 15.1. The smallest absolute Gasteiger partial charge is 0.397 e. The Kier molecular flexibility index (Phi) is 15.5. The molecule has 328 valence electrons. The van der Waals surface area contributed by atoms with Gasteiger partial charge in [0.15, 0.2) is 15.6 Å². The molecule has 0 saturated heterocycles. The number of carboxylic acid groups (broad SMARTS) is 1. The summed E-state index contributed by atoms with van der Waals surface area (Å²) in [4.78, 5) is 23.8.